The highest BCUT2D eigenvalue weighted by molar-refractivity contribution is 7.90. The van der Waals surface area contributed by atoms with Crippen molar-refractivity contribution in [2.24, 2.45) is 0 Å². The second-order valence-electron chi connectivity index (χ2n) is 4.22. The molecule has 0 unspecified atom stereocenters. The zero-order valence-corrected chi connectivity index (χ0v) is 11.6. The molecule has 0 aliphatic heterocycles. The molecule has 0 aliphatic rings. The smallest absolute Gasteiger partial charge is 0.185 e. The molecule has 0 fully saturated rings. The highest BCUT2D eigenvalue weighted by Gasteiger charge is 2.17. The predicted molar refractivity (Wildman–Crippen MR) is 73.4 cm³/mol. The van der Waals surface area contributed by atoms with Crippen LogP contribution in [0.4, 0.5) is 0 Å². The van der Waals surface area contributed by atoms with Gasteiger partial charge in [-0.1, -0.05) is 25.1 Å². The maximum atomic E-state index is 12.1. The average Bonchev–Trinajstić information content (AvgIpc) is 2.84. The molecule has 1 heterocycles. The van der Waals surface area contributed by atoms with E-state index in [0.717, 1.165) is 12.3 Å². The first kappa shape index (κ1) is 13.8. The number of rotatable bonds is 6. The largest absolute Gasteiger partial charge is 0.464 e. The van der Waals surface area contributed by atoms with Crippen LogP contribution >= 0.6 is 0 Å². The third kappa shape index (κ3) is 3.68. The molecule has 0 saturated heterocycles. The number of hydrogen-bond donors (Lipinski definition) is 1. The summed E-state index contributed by atoms with van der Waals surface area (Å²) in [6.07, 6.45) is 0. The fraction of sp³-hybridized carbons (Fsp3) is 0.286. The Morgan fingerprint density at radius 3 is 2.42 bits per heavy atom. The fourth-order valence-electron chi connectivity index (χ4n) is 1.74. The highest BCUT2D eigenvalue weighted by Crippen LogP contribution is 2.17. The Morgan fingerprint density at radius 1 is 1.05 bits per heavy atom. The summed E-state index contributed by atoms with van der Waals surface area (Å²) in [6.45, 7) is 3.46. The molecule has 4 nitrogen and oxygen atoms in total. The lowest BCUT2D eigenvalue weighted by molar-refractivity contribution is 0.459. The van der Waals surface area contributed by atoms with Gasteiger partial charge in [0.25, 0.3) is 0 Å². The van der Waals surface area contributed by atoms with Gasteiger partial charge >= 0.3 is 0 Å². The van der Waals surface area contributed by atoms with E-state index in [1.54, 1.807) is 42.5 Å². The van der Waals surface area contributed by atoms with Crippen LogP contribution in [0.15, 0.2) is 51.8 Å². The molecule has 2 aromatic rings. The maximum absolute atomic E-state index is 12.1. The highest BCUT2D eigenvalue weighted by atomic mass is 32.2. The quantitative estimate of drug-likeness (QED) is 0.882. The van der Waals surface area contributed by atoms with E-state index < -0.39 is 9.84 Å². The fourth-order valence-corrected chi connectivity index (χ4v) is 3.01. The Bertz CT molecular complexity index is 617. The molecule has 0 bridgehead atoms. The second-order valence-corrected chi connectivity index (χ2v) is 6.21. The first-order valence-electron chi connectivity index (χ1n) is 6.18. The van der Waals surface area contributed by atoms with Crippen LogP contribution in [-0.4, -0.2) is 15.0 Å². The average molecular weight is 279 g/mol. The van der Waals surface area contributed by atoms with E-state index in [9.17, 15) is 8.42 Å². The van der Waals surface area contributed by atoms with Crippen LogP contribution < -0.4 is 5.32 Å². The van der Waals surface area contributed by atoms with E-state index in [-0.39, 0.29) is 5.75 Å². The lowest BCUT2D eigenvalue weighted by Gasteiger charge is -2.02. The van der Waals surface area contributed by atoms with E-state index in [0.29, 0.717) is 17.2 Å². The van der Waals surface area contributed by atoms with Crippen LogP contribution in [0.3, 0.4) is 0 Å². The van der Waals surface area contributed by atoms with Crippen molar-refractivity contribution < 1.29 is 12.8 Å². The molecule has 0 atom stereocenters. The minimum absolute atomic E-state index is 0.108. The summed E-state index contributed by atoms with van der Waals surface area (Å²) in [6, 6.07) is 11.9. The van der Waals surface area contributed by atoms with E-state index in [1.165, 1.54) is 0 Å². The van der Waals surface area contributed by atoms with Gasteiger partial charge in [-0.25, -0.2) is 8.42 Å². The van der Waals surface area contributed by atoms with Crippen LogP contribution in [0.1, 0.15) is 18.4 Å². The van der Waals surface area contributed by atoms with E-state index in [1.807, 2.05) is 6.92 Å². The van der Waals surface area contributed by atoms with Crippen LogP contribution in [0.2, 0.25) is 0 Å². The minimum Gasteiger partial charge on any atom is -0.464 e. The SMILES string of the molecule is CCNCc1ccc(CS(=O)(=O)c2ccccc2)o1. The molecule has 0 saturated carbocycles. The topological polar surface area (TPSA) is 59.3 Å². The molecule has 19 heavy (non-hydrogen) atoms. The molecule has 0 amide bonds. The van der Waals surface area contributed by atoms with Gasteiger partial charge in [-0.3, -0.25) is 0 Å². The van der Waals surface area contributed by atoms with Crippen molar-refractivity contribution in [2.75, 3.05) is 6.54 Å². The molecule has 1 aromatic carbocycles. The zero-order chi connectivity index (χ0) is 13.7. The van der Waals surface area contributed by atoms with E-state index in [4.69, 9.17) is 4.42 Å². The standard InChI is InChI=1S/C14H17NO3S/c1-2-15-10-12-8-9-13(18-12)11-19(16,17)14-6-4-3-5-7-14/h3-9,15H,2,10-11H2,1H3. The van der Waals surface area contributed by atoms with E-state index >= 15 is 0 Å². The maximum Gasteiger partial charge on any atom is 0.185 e. The van der Waals surface area contributed by atoms with Crippen molar-refractivity contribution in [2.45, 2.75) is 24.1 Å². The van der Waals surface area contributed by atoms with Gasteiger partial charge in [0.15, 0.2) is 9.84 Å². The molecule has 102 valence electrons. The molecule has 0 spiro atoms. The van der Waals surface area contributed by atoms with Gasteiger partial charge in [0.2, 0.25) is 0 Å². The Labute approximate surface area is 113 Å². The van der Waals surface area contributed by atoms with Crippen molar-refractivity contribution in [3.05, 3.63) is 54.0 Å². The summed E-state index contributed by atoms with van der Waals surface area (Å²) >= 11 is 0. The van der Waals surface area contributed by atoms with Gasteiger partial charge in [-0.2, -0.15) is 0 Å². The van der Waals surface area contributed by atoms with Crippen molar-refractivity contribution >= 4 is 9.84 Å². The molecular formula is C14H17NO3S. The summed E-state index contributed by atoms with van der Waals surface area (Å²) in [5.74, 6) is 1.11. The number of nitrogens with one attached hydrogen (secondary N) is 1. The van der Waals surface area contributed by atoms with Gasteiger partial charge in [0.05, 0.1) is 11.4 Å². The molecule has 0 aliphatic carbocycles. The van der Waals surface area contributed by atoms with Crippen LogP contribution in [0.5, 0.6) is 0 Å². The van der Waals surface area contributed by atoms with Crippen molar-refractivity contribution in [3.63, 3.8) is 0 Å². The summed E-state index contributed by atoms with van der Waals surface area (Å²) in [7, 11) is -3.33. The molecule has 2 rings (SSSR count). The van der Waals surface area contributed by atoms with Gasteiger partial charge < -0.3 is 9.73 Å². The van der Waals surface area contributed by atoms with E-state index in [2.05, 4.69) is 5.32 Å². The Kier molecular flexibility index (Phi) is 4.39. The monoisotopic (exact) mass is 279 g/mol. The normalized spacial score (nSPS) is 11.6. The number of sulfone groups is 1. The van der Waals surface area contributed by atoms with Crippen LogP contribution in [0.25, 0.3) is 0 Å². The Morgan fingerprint density at radius 2 is 1.74 bits per heavy atom. The summed E-state index contributed by atoms with van der Waals surface area (Å²) in [5.41, 5.74) is 0. The molecular weight excluding hydrogens is 262 g/mol. The van der Waals surface area contributed by atoms with Gasteiger partial charge in [-0.05, 0) is 30.8 Å². The number of hydrogen-bond acceptors (Lipinski definition) is 4. The second kappa shape index (κ2) is 6.04. The molecule has 5 heteroatoms. The van der Waals surface area contributed by atoms with Crippen molar-refractivity contribution in [1.82, 2.24) is 5.32 Å². The lowest BCUT2D eigenvalue weighted by Crippen LogP contribution is -2.10. The predicted octanol–water partition coefficient (Wildman–Crippen LogP) is 2.36. The first-order valence-corrected chi connectivity index (χ1v) is 7.83. The number of benzene rings is 1. The third-order valence-corrected chi connectivity index (χ3v) is 4.36. The molecule has 1 N–H and O–H groups in total. The zero-order valence-electron chi connectivity index (χ0n) is 10.8. The minimum atomic E-state index is -3.33. The van der Waals surface area contributed by atoms with Gasteiger partial charge in [0.1, 0.15) is 17.3 Å². The lowest BCUT2D eigenvalue weighted by atomic mass is 10.4. The Balaban J connectivity index is 2.10. The van der Waals surface area contributed by atoms with Gasteiger partial charge in [0, 0.05) is 0 Å². The van der Waals surface area contributed by atoms with Crippen molar-refractivity contribution in [1.29, 1.82) is 0 Å². The third-order valence-electron chi connectivity index (χ3n) is 2.70. The number of furan rings is 1. The summed E-state index contributed by atoms with van der Waals surface area (Å²) in [5, 5.41) is 3.13. The summed E-state index contributed by atoms with van der Waals surface area (Å²) in [4.78, 5) is 0.319. The molecule has 0 radical (unpaired) electrons. The Hall–Kier alpha value is -1.59. The van der Waals surface area contributed by atoms with Crippen molar-refractivity contribution in [3.8, 4) is 0 Å². The first-order chi connectivity index (χ1) is 9.12. The molecule has 1 aromatic heterocycles. The summed E-state index contributed by atoms with van der Waals surface area (Å²) < 4.78 is 29.8. The van der Waals surface area contributed by atoms with Crippen LogP contribution in [-0.2, 0) is 22.1 Å². The van der Waals surface area contributed by atoms with Gasteiger partial charge in [-0.15, -0.1) is 0 Å². The van der Waals surface area contributed by atoms with Crippen LogP contribution in [0, 0.1) is 0 Å².